The van der Waals surface area contributed by atoms with E-state index in [1.807, 2.05) is 6.92 Å². The number of carboxylic acids is 1. The van der Waals surface area contributed by atoms with Crippen molar-refractivity contribution in [1.82, 2.24) is 0 Å². The highest BCUT2D eigenvalue weighted by Gasteiger charge is 2.11. The average molecular weight is 129 g/mol. The molecule has 9 heavy (non-hydrogen) atoms. The van der Waals surface area contributed by atoms with Crippen molar-refractivity contribution in [2.75, 3.05) is 0 Å². The zero-order valence-electron chi connectivity index (χ0n) is 5.50. The zero-order valence-corrected chi connectivity index (χ0v) is 5.50. The van der Waals surface area contributed by atoms with Crippen LogP contribution in [0.1, 0.15) is 19.8 Å². The Hall–Kier alpha value is -0.860. The lowest BCUT2D eigenvalue weighted by molar-refractivity contribution is -0.138. The number of carbonyl (C=O) groups is 1. The van der Waals surface area contributed by atoms with Gasteiger partial charge in [0, 0.05) is 0 Å². The Morgan fingerprint density at radius 2 is 2.44 bits per heavy atom. The third kappa shape index (κ3) is 2.85. The third-order valence-corrected chi connectivity index (χ3v) is 1.07. The van der Waals surface area contributed by atoms with Crippen LogP contribution in [0.3, 0.4) is 0 Å². The maximum absolute atomic E-state index is 10.2. The summed E-state index contributed by atoms with van der Waals surface area (Å²) in [5.41, 5.74) is 0. The van der Waals surface area contributed by atoms with Crippen molar-refractivity contribution in [2.24, 2.45) is 4.99 Å². The summed E-state index contributed by atoms with van der Waals surface area (Å²) in [4.78, 5) is 13.6. The molecule has 52 valence electrons. The Kier molecular flexibility index (Phi) is 3.67. The molecule has 0 bridgehead atoms. The summed E-state index contributed by atoms with van der Waals surface area (Å²) < 4.78 is 0. The van der Waals surface area contributed by atoms with Crippen LogP contribution in [-0.2, 0) is 4.79 Å². The smallest absolute Gasteiger partial charge is 0.328 e. The summed E-state index contributed by atoms with van der Waals surface area (Å²) in [7, 11) is 0. The van der Waals surface area contributed by atoms with Crippen LogP contribution < -0.4 is 0 Å². The van der Waals surface area contributed by atoms with Crippen molar-refractivity contribution >= 4 is 12.7 Å². The topological polar surface area (TPSA) is 49.7 Å². The Morgan fingerprint density at radius 3 is 2.56 bits per heavy atom. The molecule has 0 aliphatic heterocycles. The third-order valence-electron chi connectivity index (χ3n) is 1.07. The molecule has 1 N–H and O–H groups in total. The normalized spacial score (nSPS) is 12.6. The van der Waals surface area contributed by atoms with E-state index in [0.29, 0.717) is 6.42 Å². The molecule has 1 unspecified atom stereocenters. The first kappa shape index (κ1) is 8.14. The van der Waals surface area contributed by atoms with E-state index in [1.54, 1.807) is 0 Å². The van der Waals surface area contributed by atoms with Crippen LogP contribution in [0, 0.1) is 0 Å². The number of aliphatic imine (C=N–C) groups is 1. The lowest BCUT2D eigenvalue weighted by Crippen LogP contribution is -2.16. The van der Waals surface area contributed by atoms with Crippen LogP contribution in [0.25, 0.3) is 0 Å². The molecular weight excluding hydrogens is 118 g/mol. The van der Waals surface area contributed by atoms with Crippen LogP contribution in [0.4, 0.5) is 0 Å². The standard InChI is InChI=1S/C6H11NO2/c1-3-4-5(7-2)6(8)9/h5H,2-4H2,1H3,(H,8,9). The molecule has 0 saturated heterocycles. The van der Waals surface area contributed by atoms with Crippen molar-refractivity contribution in [3.8, 4) is 0 Å². The second-order valence-electron chi connectivity index (χ2n) is 1.83. The molecule has 0 rings (SSSR count). The highest BCUT2D eigenvalue weighted by molar-refractivity contribution is 5.74. The van der Waals surface area contributed by atoms with Gasteiger partial charge in [0.05, 0.1) is 0 Å². The second-order valence-corrected chi connectivity index (χ2v) is 1.83. The maximum Gasteiger partial charge on any atom is 0.328 e. The first-order valence-electron chi connectivity index (χ1n) is 2.91. The number of carboxylic acid groups (broad SMARTS) is 1. The van der Waals surface area contributed by atoms with Gasteiger partial charge in [-0.1, -0.05) is 13.3 Å². The van der Waals surface area contributed by atoms with E-state index in [-0.39, 0.29) is 0 Å². The SMILES string of the molecule is C=NC(CCC)C(=O)O. The minimum Gasteiger partial charge on any atom is -0.480 e. The number of nitrogens with zero attached hydrogens (tertiary/aromatic N) is 1. The molecular formula is C6H11NO2. The Morgan fingerprint density at radius 1 is 1.89 bits per heavy atom. The van der Waals surface area contributed by atoms with Gasteiger partial charge in [0.25, 0.3) is 0 Å². The molecule has 0 amide bonds. The first-order valence-corrected chi connectivity index (χ1v) is 2.91. The number of rotatable bonds is 4. The summed E-state index contributed by atoms with van der Waals surface area (Å²) >= 11 is 0. The fourth-order valence-electron chi connectivity index (χ4n) is 0.566. The van der Waals surface area contributed by atoms with Crippen molar-refractivity contribution in [3.63, 3.8) is 0 Å². The summed E-state index contributed by atoms with van der Waals surface area (Å²) in [6.45, 7) is 5.09. The van der Waals surface area contributed by atoms with Gasteiger partial charge in [0.2, 0.25) is 0 Å². The van der Waals surface area contributed by atoms with E-state index in [9.17, 15) is 4.79 Å². The first-order chi connectivity index (χ1) is 4.22. The van der Waals surface area contributed by atoms with Crippen molar-refractivity contribution in [2.45, 2.75) is 25.8 Å². The van der Waals surface area contributed by atoms with Gasteiger partial charge in [-0.3, -0.25) is 4.99 Å². The van der Waals surface area contributed by atoms with E-state index >= 15 is 0 Å². The van der Waals surface area contributed by atoms with Crippen LogP contribution in [0.15, 0.2) is 4.99 Å². The van der Waals surface area contributed by atoms with Gasteiger partial charge in [-0.05, 0) is 13.1 Å². The molecule has 0 spiro atoms. The number of hydrogen-bond donors (Lipinski definition) is 1. The van der Waals surface area contributed by atoms with Crippen LogP contribution in [-0.4, -0.2) is 23.8 Å². The molecule has 0 aromatic rings. The van der Waals surface area contributed by atoms with Crippen molar-refractivity contribution in [3.05, 3.63) is 0 Å². The minimum atomic E-state index is -0.883. The highest BCUT2D eigenvalue weighted by Crippen LogP contribution is 1.99. The van der Waals surface area contributed by atoms with Gasteiger partial charge in [0.1, 0.15) is 6.04 Å². The Labute approximate surface area is 54.4 Å². The van der Waals surface area contributed by atoms with Crippen molar-refractivity contribution < 1.29 is 9.90 Å². The van der Waals surface area contributed by atoms with Crippen molar-refractivity contribution in [1.29, 1.82) is 0 Å². The highest BCUT2D eigenvalue weighted by atomic mass is 16.4. The predicted octanol–water partition coefficient (Wildman–Crippen LogP) is 0.940. The summed E-state index contributed by atoms with van der Waals surface area (Å²) in [6, 6.07) is -0.602. The maximum atomic E-state index is 10.2. The molecule has 0 aromatic carbocycles. The molecule has 0 heterocycles. The molecule has 0 fully saturated rings. The van der Waals surface area contributed by atoms with Gasteiger partial charge < -0.3 is 5.11 Å². The summed E-state index contributed by atoms with van der Waals surface area (Å²) in [5, 5.41) is 8.37. The molecule has 0 radical (unpaired) electrons. The summed E-state index contributed by atoms with van der Waals surface area (Å²) in [5.74, 6) is -0.883. The fourth-order valence-corrected chi connectivity index (χ4v) is 0.566. The number of hydrogen-bond acceptors (Lipinski definition) is 2. The van der Waals surface area contributed by atoms with E-state index < -0.39 is 12.0 Å². The van der Waals surface area contributed by atoms with Crippen LogP contribution in [0.5, 0.6) is 0 Å². The zero-order chi connectivity index (χ0) is 7.28. The predicted molar refractivity (Wildman–Crippen MR) is 35.9 cm³/mol. The molecule has 3 heteroatoms. The quantitative estimate of drug-likeness (QED) is 0.574. The van der Waals surface area contributed by atoms with E-state index in [4.69, 9.17) is 5.11 Å². The fraction of sp³-hybridized carbons (Fsp3) is 0.667. The van der Waals surface area contributed by atoms with Gasteiger partial charge in [-0.25, -0.2) is 4.79 Å². The molecule has 0 aromatic heterocycles. The number of aliphatic carboxylic acids is 1. The Bertz CT molecular complexity index is 112. The Balaban J connectivity index is 3.68. The average Bonchev–Trinajstić information content (AvgIpc) is 1.82. The monoisotopic (exact) mass is 129 g/mol. The lowest BCUT2D eigenvalue weighted by atomic mass is 10.2. The van der Waals surface area contributed by atoms with E-state index in [1.165, 1.54) is 0 Å². The van der Waals surface area contributed by atoms with E-state index in [0.717, 1.165) is 6.42 Å². The van der Waals surface area contributed by atoms with Crippen LogP contribution >= 0.6 is 0 Å². The van der Waals surface area contributed by atoms with Crippen LogP contribution in [0.2, 0.25) is 0 Å². The van der Waals surface area contributed by atoms with Gasteiger partial charge in [-0.2, -0.15) is 0 Å². The van der Waals surface area contributed by atoms with E-state index in [2.05, 4.69) is 11.7 Å². The molecule has 0 aliphatic carbocycles. The largest absolute Gasteiger partial charge is 0.480 e. The molecule has 0 aliphatic rings. The summed E-state index contributed by atoms with van der Waals surface area (Å²) in [6.07, 6.45) is 1.41. The molecule has 1 atom stereocenters. The van der Waals surface area contributed by atoms with Gasteiger partial charge >= 0.3 is 5.97 Å². The van der Waals surface area contributed by atoms with Gasteiger partial charge in [0.15, 0.2) is 0 Å². The van der Waals surface area contributed by atoms with Gasteiger partial charge in [-0.15, -0.1) is 0 Å². The minimum absolute atomic E-state index is 0.582. The lowest BCUT2D eigenvalue weighted by Gasteiger charge is -2.01. The molecule has 3 nitrogen and oxygen atoms in total. The molecule has 0 saturated carbocycles. The second kappa shape index (κ2) is 4.06.